The van der Waals surface area contributed by atoms with E-state index in [2.05, 4.69) is 20.8 Å². The van der Waals surface area contributed by atoms with Crippen molar-refractivity contribution in [3.63, 3.8) is 0 Å². The average molecular weight is 301 g/mol. The number of nitrogens with one attached hydrogen (secondary N) is 3. The smallest absolute Gasteiger partial charge is 0.252 e. The summed E-state index contributed by atoms with van der Waals surface area (Å²) in [4.78, 5) is 17.8. The first-order chi connectivity index (χ1) is 10.5. The van der Waals surface area contributed by atoms with Crippen molar-refractivity contribution in [2.24, 2.45) is 0 Å². The number of nitrogens with zero attached hydrogens (tertiary/aromatic N) is 3. The van der Waals surface area contributed by atoms with Crippen molar-refractivity contribution in [1.82, 2.24) is 15.4 Å². The molecule has 0 spiro atoms. The molecule has 1 unspecified atom stereocenters. The Labute approximate surface area is 125 Å². The number of hydrogen-bond acceptors (Lipinski definition) is 8. The zero-order chi connectivity index (χ0) is 16.1. The fourth-order valence-corrected chi connectivity index (χ4v) is 1.79. The van der Waals surface area contributed by atoms with Crippen LogP contribution in [0.2, 0.25) is 0 Å². The Balaban J connectivity index is 2.14. The highest BCUT2D eigenvalue weighted by Gasteiger charge is 2.11. The Kier molecular flexibility index (Phi) is 4.70. The van der Waals surface area contributed by atoms with Crippen LogP contribution in [-0.2, 0) is 0 Å². The minimum absolute atomic E-state index is 0.00152. The normalized spacial score (nSPS) is 11.5. The molecule has 22 heavy (non-hydrogen) atoms. The number of aromatic nitrogens is 2. The topological polar surface area (TPSA) is 140 Å². The van der Waals surface area contributed by atoms with Crippen molar-refractivity contribution in [2.45, 2.75) is 13.0 Å². The minimum Gasteiger partial charge on any atom is -0.733 e. The molecule has 0 aliphatic rings. The number of aryl methyl sites for hydroxylation is 1. The monoisotopic (exact) mass is 301 g/mol. The molecule has 0 aliphatic carbocycles. The summed E-state index contributed by atoms with van der Waals surface area (Å²) in [6.07, 6.45) is 0. The standard InChI is InChI=1S/C13H13N6O3/c1-8-5-12(20)16-13(15-8)18-17-11(7-14)9-3-2-4-10(6-9)19(21)22/h2-6,11,17,21H,1H3,(H2,15,16,18,20)/q-1. The van der Waals surface area contributed by atoms with E-state index in [0.717, 1.165) is 0 Å². The van der Waals surface area contributed by atoms with Gasteiger partial charge in [-0.3, -0.25) is 20.4 Å². The third-order valence-corrected chi connectivity index (χ3v) is 2.76. The van der Waals surface area contributed by atoms with Gasteiger partial charge < -0.3 is 10.4 Å². The van der Waals surface area contributed by atoms with Crippen LogP contribution in [0.4, 0.5) is 11.6 Å². The van der Waals surface area contributed by atoms with Crippen LogP contribution < -0.4 is 21.6 Å². The number of rotatable bonds is 5. The number of hydrazine groups is 1. The molecule has 1 aromatic heterocycles. The molecule has 1 atom stereocenters. The minimum atomic E-state index is -0.828. The Hall–Kier alpha value is -2.93. The van der Waals surface area contributed by atoms with Gasteiger partial charge >= 0.3 is 0 Å². The van der Waals surface area contributed by atoms with Gasteiger partial charge in [-0.2, -0.15) is 5.26 Å². The molecule has 0 fully saturated rings. The summed E-state index contributed by atoms with van der Waals surface area (Å²) >= 11 is 0. The largest absolute Gasteiger partial charge is 0.733 e. The van der Waals surface area contributed by atoms with Gasteiger partial charge in [0, 0.05) is 11.8 Å². The summed E-state index contributed by atoms with van der Waals surface area (Å²) in [5.74, 6) is 0.161. The second kappa shape index (κ2) is 6.68. The maximum atomic E-state index is 11.3. The Morgan fingerprint density at radius 3 is 2.91 bits per heavy atom. The fraction of sp³-hybridized carbons (Fsp3) is 0.154. The van der Waals surface area contributed by atoms with Crippen molar-refractivity contribution in [1.29, 1.82) is 5.26 Å². The van der Waals surface area contributed by atoms with Gasteiger partial charge in [-0.25, -0.2) is 10.4 Å². The van der Waals surface area contributed by atoms with E-state index < -0.39 is 6.04 Å². The number of benzene rings is 1. The highest BCUT2D eigenvalue weighted by atomic mass is 16.8. The first-order valence-corrected chi connectivity index (χ1v) is 6.25. The van der Waals surface area contributed by atoms with Crippen molar-refractivity contribution in [2.75, 3.05) is 10.7 Å². The fourth-order valence-electron chi connectivity index (χ4n) is 1.79. The van der Waals surface area contributed by atoms with E-state index in [9.17, 15) is 15.3 Å². The summed E-state index contributed by atoms with van der Waals surface area (Å²) in [7, 11) is 0. The average Bonchev–Trinajstić information content (AvgIpc) is 2.47. The van der Waals surface area contributed by atoms with Gasteiger partial charge in [0.1, 0.15) is 6.04 Å². The van der Waals surface area contributed by atoms with Gasteiger partial charge in [0.25, 0.3) is 5.56 Å². The molecule has 0 bridgehead atoms. The summed E-state index contributed by atoms with van der Waals surface area (Å²) in [5, 5.41) is 28.7. The quantitative estimate of drug-likeness (QED) is 0.598. The van der Waals surface area contributed by atoms with Crippen LogP contribution >= 0.6 is 0 Å². The lowest BCUT2D eigenvalue weighted by Crippen LogP contribution is -2.29. The summed E-state index contributed by atoms with van der Waals surface area (Å²) in [6.45, 7) is 1.66. The molecule has 2 rings (SSSR count). The lowest BCUT2D eigenvalue weighted by molar-refractivity contribution is 0.296. The highest BCUT2D eigenvalue weighted by molar-refractivity contribution is 5.48. The molecule has 9 nitrogen and oxygen atoms in total. The maximum absolute atomic E-state index is 11.3. The number of aromatic amines is 1. The predicted molar refractivity (Wildman–Crippen MR) is 78.8 cm³/mol. The van der Waals surface area contributed by atoms with Crippen molar-refractivity contribution in [3.8, 4) is 6.07 Å². The molecule has 0 saturated heterocycles. The highest BCUT2D eigenvalue weighted by Crippen LogP contribution is 2.19. The molecular formula is C13H13N6O3-. The SMILES string of the molecule is Cc1cc(=O)[nH]c(NNC(C#N)c2cccc(N([O-])O)c2)n1. The molecule has 2 aromatic rings. The molecule has 9 heteroatoms. The first kappa shape index (κ1) is 15.5. The Morgan fingerprint density at radius 2 is 2.27 bits per heavy atom. The van der Waals surface area contributed by atoms with Crippen molar-refractivity contribution in [3.05, 3.63) is 57.2 Å². The molecule has 0 saturated carbocycles. The Bertz CT molecular complexity index is 752. The van der Waals surface area contributed by atoms with E-state index in [1.54, 1.807) is 13.0 Å². The lowest BCUT2D eigenvalue weighted by atomic mass is 10.1. The van der Waals surface area contributed by atoms with E-state index in [4.69, 9.17) is 5.21 Å². The van der Waals surface area contributed by atoms with Gasteiger partial charge in [-0.1, -0.05) is 12.1 Å². The van der Waals surface area contributed by atoms with Gasteiger partial charge in [0.15, 0.2) is 0 Å². The third kappa shape index (κ3) is 3.80. The Morgan fingerprint density at radius 1 is 1.50 bits per heavy atom. The molecule has 0 radical (unpaired) electrons. The summed E-state index contributed by atoms with van der Waals surface area (Å²) < 4.78 is 0. The molecule has 114 valence electrons. The van der Waals surface area contributed by atoms with Gasteiger partial charge in [0.05, 0.1) is 11.8 Å². The van der Waals surface area contributed by atoms with Crippen LogP contribution in [0.3, 0.4) is 0 Å². The van der Waals surface area contributed by atoms with Crippen molar-refractivity contribution < 1.29 is 5.21 Å². The van der Waals surface area contributed by atoms with Crippen LogP contribution in [-0.4, -0.2) is 15.2 Å². The van der Waals surface area contributed by atoms with E-state index in [1.165, 1.54) is 24.3 Å². The van der Waals surface area contributed by atoms with E-state index >= 15 is 0 Å². The van der Waals surface area contributed by atoms with Crippen LogP contribution in [0.5, 0.6) is 0 Å². The van der Waals surface area contributed by atoms with E-state index in [0.29, 0.717) is 11.3 Å². The first-order valence-electron chi connectivity index (χ1n) is 6.25. The summed E-state index contributed by atoms with van der Waals surface area (Å²) in [6, 6.07) is 8.40. The van der Waals surface area contributed by atoms with Crippen LogP contribution in [0.25, 0.3) is 0 Å². The number of H-pyrrole nitrogens is 1. The van der Waals surface area contributed by atoms with Gasteiger partial charge in [0.2, 0.25) is 5.95 Å². The van der Waals surface area contributed by atoms with E-state index in [1.807, 2.05) is 6.07 Å². The lowest BCUT2D eigenvalue weighted by Gasteiger charge is -2.23. The molecule has 0 aliphatic heterocycles. The maximum Gasteiger partial charge on any atom is 0.252 e. The van der Waals surface area contributed by atoms with Gasteiger partial charge in [-0.05, 0) is 24.6 Å². The number of anilines is 2. The molecule has 1 aromatic carbocycles. The van der Waals surface area contributed by atoms with Crippen LogP contribution in [0.1, 0.15) is 17.3 Å². The number of nitriles is 1. The van der Waals surface area contributed by atoms with Crippen molar-refractivity contribution >= 4 is 11.6 Å². The molecular weight excluding hydrogens is 288 g/mol. The number of hydrogen-bond donors (Lipinski definition) is 4. The van der Waals surface area contributed by atoms with Crippen LogP contribution in [0.15, 0.2) is 35.1 Å². The zero-order valence-electron chi connectivity index (χ0n) is 11.6. The zero-order valence-corrected chi connectivity index (χ0v) is 11.6. The third-order valence-electron chi connectivity index (χ3n) is 2.76. The van der Waals surface area contributed by atoms with E-state index in [-0.39, 0.29) is 22.4 Å². The molecule has 4 N–H and O–H groups in total. The summed E-state index contributed by atoms with van der Waals surface area (Å²) in [5.41, 5.74) is 5.96. The van der Waals surface area contributed by atoms with Crippen LogP contribution in [0, 0.1) is 23.5 Å². The van der Waals surface area contributed by atoms with Gasteiger partial charge in [-0.15, -0.1) is 0 Å². The molecule has 1 heterocycles. The predicted octanol–water partition coefficient (Wildman–Crippen LogP) is 0.953. The second-order valence-corrected chi connectivity index (χ2v) is 4.43. The molecule has 0 amide bonds. The second-order valence-electron chi connectivity index (χ2n) is 4.43.